The molecule has 6 nitrogen and oxygen atoms in total. The molecule has 1 amide bonds. The number of nitrogens with one attached hydrogen (secondary N) is 1. The third kappa shape index (κ3) is 5.77. The van der Waals surface area contributed by atoms with Crippen molar-refractivity contribution in [2.24, 2.45) is 0 Å². The summed E-state index contributed by atoms with van der Waals surface area (Å²) in [4.78, 5) is 11.8. The van der Waals surface area contributed by atoms with Crippen LogP contribution in [0.25, 0.3) is 0 Å². The number of rotatable bonds is 3. The van der Waals surface area contributed by atoms with Gasteiger partial charge in [-0.25, -0.2) is 26.3 Å². The molecule has 0 radical (unpaired) electrons. The Kier molecular flexibility index (Phi) is 5.98. The lowest BCUT2D eigenvalue weighted by Gasteiger charge is -2.36. The number of sulfonamides is 1. The molecule has 0 atom stereocenters. The lowest BCUT2D eigenvalue weighted by atomic mass is 9.96. The predicted molar refractivity (Wildman–Crippen MR) is 90.1 cm³/mol. The van der Waals surface area contributed by atoms with Crippen molar-refractivity contribution in [2.45, 2.75) is 82.1 Å². The number of alkyl carbamates (subject to hydrolysis) is 1. The topological polar surface area (TPSA) is 75.7 Å². The van der Waals surface area contributed by atoms with Gasteiger partial charge in [-0.15, -0.1) is 0 Å². The van der Waals surface area contributed by atoms with Crippen LogP contribution < -0.4 is 5.32 Å². The van der Waals surface area contributed by atoms with Crippen LogP contribution in [0, 0.1) is 0 Å². The zero-order valence-corrected chi connectivity index (χ0v) is 15.9. The fourth-order valence-electron chi connectivity index (χ4n) is 3.25. The van der Waals surface area contributed by atoms with Crippen molar-refractivity contribution < 1.29 is 26.7 Å². The average molecular weight is 382 g/mol. The molecule has 25 heavy (non-hydrogen) atoms. The molecule has 9 heteroatoms. The van der Waals surface area contributed by atoms with Crippen molar-refractivity contribution in [1.82, 2.24) is 9.62 Å². The summed E-state index contributed by atoms with van der Waals surface area (Å²) in [5.41, 5.74) is -0.586. The van der Waals surface area contributed by atoms with E-state index in [1.54, 1.807) is 20.8 Å². The summed E-state index contributed by atoms with van der Waals surface area (Å²) in [7, 11) is -3.56. The molecule has 1 heterocycles. The minimum absolute atomic E-state index is 0.00538. The third-order valence-electron chi connectivity index (χ3n) is 4.62. The Labute approximate surface area is 148 Å². The molecule has 1 aliphatic carbocycles. The molecule has 146 valence electrons. The van der Waals surface area contributed by atoms with E-state index in [0.717, 1.165) is 0 Å². The molecule has 0 aromatic rings. The van der Waals surface area contributed by atoms with Gasteiger partial charge in [0.25, 0.3) is 0 Å². The lowest BCUT2D eigenvalue weighted by molar-refractivity contribution is -0.0331. The highest BCUT2D eigenvalue weighted by molar-refractivity contribution is 7.89. The summed E-state index contributed by atoms with van der Waals surface area (Å²) in [6, 6.07) is -0.142. The molecule has 0 unspecified atom stereocenters. The molecule has 1 saturated carbocycles. The van der Waals surface area contributed by atoms with Gasteiger partial charge in [-0.1, -0.05) is 0 Å². The number of alkyl halides is 2. The fraction of sp³-hybridized carbons (Fsp3) is 0.938. The number of hydrogen-bond acceptors (Lipinski definition) is 4. The van der Waals surface area contributed by atoms with Crippen LogP contribution in [-0.2, 0) is 14.8 Å². The SMILES string of the molecule is CC(C)(C)OC(=O)NC1CCN(S(=O)(=O)C2CCC(F)(F)CC2)CC1. The second-order valence-corrected chi connectivity index (χ2v) is 10.1. The summed E-state index contributed by atoms with van der Waals surface area (Å²) in [5, 5.41) is 2.04. The Hall–Kier alpha value is -0.960. The van der Waals surface area contributed by atoms with Crippen LogP contribution in [0.2, 0.25) is 0 Å². The molecule has 0 aromatic carbocycles. The largest absolute Gasteiger partial charge is 0.444 e. The summed E-state index contributed by atoms with van der Waals surface area (Å²) in [5.74, 6) is -2.74. The van der Waals surface area contributed by atoms with E-state index >= 15 is 0 Å². The summed E-state index contributed by atoms with van der Waals surface area (Å²) >= 11 is 0. The number of ether oxygens (including phenoxy) is 1. The van der Waals surface area contributed by atoms with E-state index in [1.807, 2.05) is 0 Å². The number of hydrogen-bond donors (Lipinski definition) is 1. The van der Waals surface area contributed by atoms with Crippen LogP contribution in [0.15, 0.2) is 0 Å². The van der Waals surface area contributed by atoms with Crippen LogP contribution in [0.1, 0.15) is 59.3 Å². The minimum Gasteiger partial charge on any atom is -0.444 e. The average Bonchev–Trinajstić information content (AvgIpc) is 2.45. The highest BCUT2D eigenvalue weighted by Crippen LogP contribution is 2.37. The zero-order valence-electron chi connectivity index (χ0n) is 15.1. The van der Waals surface area contributed by atoms with Gasteiger partial charge >= 0.3 is 6.09 Å². The molecule has 1 aliphatic heterocycles. The van der Waals surface area contributed by atoms with Crippen LogP contribution in [0.4, 0.5) is 13.6 Å². The van der Waals surface area contributed by atoms with E-state index in [0.29, 0.717) is 12.8 Å². The van der Waals surface area contributed by atoms with Gasteiger partial charge in [0, 0.05) is 32.0 Å². The van der Waals surface area contributed by atoms with Gasteiger partial charge in [0.1, 0.15) is 5.60 Å². The Morgan fingerprint density at radius 1 is 1.12 bits per heavy atom. The van der Waals surface area contributed by atoms with Gasteiger partial charge in [0.15, 0.2) is 0 Å². The maximum Gasteiger partial charge on any atom is 0.407 e. The molecule has 0 bridgehead atoms. The first-order valence-electron chi connectivity index (χ1n) is 8.75. The predicted octanol–water partition coefficient (Wildman–Crippen LogP) is 2.88. The third-order valence-corrected chi connectivity index (χ3v) is 7.02. The van der Waals surface area contributed by atoms with E-state index in [-0.39, 0.29) is 44.8 Å². The lowest BCUT2D eigenvalue weighted by Crippen LogP contribution is -2.50. The van der Waals surface area contributed by atoms with Gasteiger partial charge in [-0.05, 0) is 46.5 Å². The molecule has 2 fully saturated rings. The normalized spacial score (nSPS) is 24.0. The Morgan fingerprint density at radius 2 is 1.64 bits per heavy atom. The van der Waals surface area contributed by atoms with Crippen molar-refractivity contribution in [1.29, 1.82) is 0 Å². The maximum atomic E-state index is 13.2. The van der Waals surface area contributed by atoms with Gasteiger partial charge in [0.05, 0.1) is 5.25 Å². The maximum absolute atomic E-state index is 13.2. The number of amides is 1. The molecule has 2 rings (SSSR count). The highest BCUT2D eigenvalue weighted by Gasteiger charge is 2.42. The standard InChI is InChI=1S/C16H28F2N2O4S/c1-15(2,3)24-14(21)19-12-6-10-20(11-7-12)25(22,23)13-4-8-16(17,18)9-5-13/h12-13H,4-11H2,1-3H3,(H,19,21). The van der Waals surface area contributed by atoms with Crippen molar-refractivity contribution in [3.05, 3.63) is 0 Å². The summed E-state index contributed by atoms with van der Waals surface area (Å²) < 4.78 is 58.3. The molecular formula is C16H28F2N2O4S. The van der Waals surface area contributed by atoms with E-state index in [1.165, 1.54) is 4.31 Å². The molecule has 1 N–H and O–H groups in total. The van der Waals surface area contributed by atoms with Gasteiger partial charge < -0.3 is 10.1 Å². The number of halogens is 2. The number of carbonyl (C=O) groups excluding carboxylic acids is 1. The second-order valence-electron chi connectivity index (χ2n) is 7.92. The number of nitrogens with zero attached hydrogens (tertiary/aromatic N) is 1. The van der Waals surface area contributed by atoms with E-state index in [2.05, 4.69) is 5.32 Å². The number of carbonyl (C=O) groups is 1. The smallest absolute Gasteiger partial charge is 0.407 e. The van der Waals surface area contributed by atoms with Gasteiger partial charge in [0.2, 0.25) is 15.9 Å². The summed E-state index contributed by atoms with van der Waals surface area (Å²) in [6.45, 7) is 5.89. The highest BCUT2D eigenvalue weighted by atomic mass is 32.2. The van der Waals surface area contributed by atoms with Crippen molar-refractivity contribution in [3.8, 4) is 0 Å². The van der Waals surface area contributed by atoms with Crippen LogP contribution in [-0.4, -0.2) is 54.7 Å². The molecule has 2 aliphatic rings. The van der Waals surface area contributed by atoms with E-state index in [9.17, 15) is 22.0 Å². The Bertz CT molecular complexity index is 571. The first-order chi connectivity index (χ1) is 11.4. The van der Waals surface area contributed by atoms with Crippen LogP contribution in [0.3, 0.4) is 0 Å². The molecule has 0 spiro atoms. The van der Waals surface area contributed by atoms with E-state index < -0.39 is 32.9 Å². The van der Waals surface area contributed by atoms with Crippen molar-refractivity contribution >= 4 is 16.1 Å². The van der Waals surface area contributed by atoms with Crippen molar-refractivity contribution in [2.75, 3.05) is 13.1 Å². The number of piperidine rings is 1. The van der Waals surface area contributed by atoms with Crippen molar-refractivity contribution in [3.63, 3.8) is 0 Å². The monoisotopic (exact) mass is 382 g/mol. The van der Waals surface area contributed by atoms with Crippen LogP contribution in [0.5, 0.6) is 0 Å². The molecule has 1 saturated heterocycles. The van der Waals surface area contributed by atoms with Crippen LogP contribution >= 0.6 is 0 Å². The summed E-state index contributed by atoms with van der Waals surface area (Å²) in [6.07, 6.45) is -0.260. The van der Waals surface area contributed by atoms with E-state index in [4.69, 9.17) is 4.74 Å². The zero-order chi connectivity index (χ0) is 18.9. The fourth-order valence-corrected chi connectivity index (χ4v) is 5.22. The van der Waals surface area contributed by atoms with Gasteiger partial charge in [-0.2, -0.15) is 0 Å². The molecular weight excluding hydrogens is 354 g/mol. The quantitative estimate of drug-likeness (QED) is 0.814. The Morgan fingerprint density at radius 3 is 2.12 bits per heavy atom. The van der Waals surface area contributed by atoms with Gasteiger partial charge in [-0.3, -0.25) is 0 Å². The molecule has 0 aromatic heterocycles. The first kappa shape index (κ1) is 20.4. The Balaban J connectivity index is 1.84. The second kappa shape index (κ2) is 7.34. The first-order valence-corrected chi connectivity index (χ1v) is 10.3. The minimum atomic E-state index is -3.56.